The van der Waals surface area contributed by atoms with E-state index in [1.807, 2.05) is 87.4 Å². The number of nitrogens with zero attached hydrogens (tertiary/aromatic N) is 4. The van der Waals surface area contributed by atoms with Gasteiger partial charge in [-0.05, 0) is 50.3 Å². The van der Waals surface area contributed by atoms with E-state index in [0.717, 1.165) is 61.3 Å². The lowest BCUT2D eigenvalue weighted by molar-refractivity contribution is -0.140. The van der Waals surface area contributed by atoms with Gasteiger partial charge >= 0.3 is 0 Å². The first-order valence-corrected chi connectivity index (χ1v) is 12.7. The zero-order valence-electron chi connectivity index (χ0n) is 20.1. The van der Waals surface area contributed by atoms with Crippen LogP contribution in [-0.2, 0) is 9.59 Å². The number of hydrogen-bond acceptors (Lipinski definition) is 3. The zero-order chi connectivity index (χ0) is 24.0. The molecular formula is C29H32N4O2. The van der Waals surface area contributed by atoms with Crippen molar-refractivity contribution in [3.8, 4) is 16.9 Å². The van der Waals surface area contributed by atoms with Gasteiger partial charge in [0.25, 0.3) is 0 Å². The van der Waals surface area contributed by atoms with Gasteiger partial charge in [-0.25, -0.2) is 4.68 Å². The molecule has 0 atom stereocenters. The molecule has 0 N–H and O–H groups in total. The molecule has 0 bridgehead atoms. The zero-order valence-corrected chi connectivity index (χ0v) is 20.1. The minimum absolute atomic E-state index is 0.0136. The molecule has 2 fully saturated rings. The van der Waals surface area contributed by atoms with Crippen molar-refractivity contribution in [1.29, 1.82) is 0 Å². The quantitative estimate of drug-likeness (QED) is 0.505. The molecule has 6 heteroatoms. The van der Waals surface area contributed by atoms with Crippen LogP contribution in [0.2, 0.25) is 0 Å². The summed E-state index contributed by atoms with van der Waals surface area (Å²) in [5, 5.41) is 4.81. The molecule has 2 amide bonds. The standard InChI is InChI=1S/C29H32N4O2/c34-27(31-20-16-24(17-21-31)29(35)32-18-8-3-9-19-32)15-14-25-22-33(26-12-6-2-7-13-26)30-28(25)23-10-4-1-5-11-23/h1-2,4-7,10-15,22,24H,3,8-9,16-21H2/b15-14+. The Morgan fingerprint density at radius 2 is 1.46 bits per heavy atom. The number of aromatic nitrogens is 2. The van der Waals surface area contributed by atoms with Gasteiger partial charge in [0.2, 0.25) is 11.8 Å². The summed E-state index contributed by atoms with van der Waals surface area (Å²) < 4.78 is 1.85. The molecule has 3 heterocycles. The van der Waals surface area contributed by atoms with Gasteiger partial charge in [-0.15, -0.1) is 0 Å². The van der Waals surface area contributed by atoms with E-state index in [1.165, 1.54) is 6.42 Å². The highest BCUT2D eigenvalue weighted by Gasteiger charge is 2.30. The van der Waals surface area contributed by atoms with Gasteiger partial charge in [0.1, 0.15) is 0 Å². The molecular weight excluding hydrogens is 436 g/mol. The topological polar surface area (TPSA) is 58.4 Å². The number of rotatable bonds is 5. The summed E-state index contributed by atoms with van der Waals surface area (Å²) in [7, 11) is 0. The highest BCUT2D eigenvalue weighted by atomic mass is 16.2. The molecule has 0 radical (unpaired) electrons. The van der Waals surface area contributed by atoms with Gasteiger partial charge in [-0.3, -0.25) is 9.59 Å². The molecule has 2 aliphatic heterocycles. The average Bonchev–Trinajstić information content (AvgIpc) is 3.37. The SMILES string of the molecule is O=C(/C=C/c1cn(-c2ccccc2)nc1-c1ccccc1)N1CCC(C(=O)N2CCCCC2)CC1. The van der Waals surface area contributed by atoms with Gasteiger partial charge in [-0.1, -0.05) is 48.5 Å². The molecule has 5 rings (SSSR count). The van der Waals surface area contributed by atoms with Crippen LogP contribution in [-0.4, -0.2) is 57.6 Å². The molecule has 2 aliphatic rings. The Hall–Kier alpha value is -3.67. The molecule has 35 heavy (non-hydrogen) atoms. The first-order chi connectivity index (χ1) is 17.2. The second kappa shape index (κ2) is 10.7. The summed E-state index contributed by atoms with van der Waals surface area (Å²) in [6, 6.07) is 20.0. The molecule has 2 aromatic carbocycles. The predicted molar refractivity (Wildman–Crippen MR) is 138 cm³/mol. The molecule has 0 spiro atoms. The van der Waals surface area contributed by atoms with Crippen LogP contribution in [0.3, 0.4) is 0 Å². The molecule has 180 valence electrons. The first kappa shape index (κ1) is 23.1. The van der Waals surface area contributed by atoms with Crippen LogP contribution in [0.25, 0.3) is 23.0 Å². The average molecular weight is 469 g/mol. The maximum Gasteiger partial charge on any atom is 0.246 e. The normalized spacial score (nSPS) is 17.1. The molecule has 3 aromatic rings. The van der Waals surface area contributed by atoms with E-state index >= 15 is 0 Å². The number of carbonyl (C=O) groups excluding carboxylic acids is 2. The van der Waals surface area contributed by atoms with Crippen LogP contribution in [0, 0.1) is 5.92 Å². The van der Waals surface area contributed by atoms with Gasteiger partial charge in [0.05, 0.1) is 11.4 Å². The van der Waals surface area contributed by atoms with Crippen LogP contribution in [0.15, 0.2) is 72.9 Å². The second-order valence-electron chi connectivity index (χ2n) is 9.40. The minimum atomic E-state index is -0.0136. The maximum atomic E-state index is 13.0. The lowest BCUT2D eigenvalue weighted by Crippen LogP contribution is -2.45. The Bertz CT molecular complexity index is 1170. The fourth-order valence-corrected chi connectivity index (χ4v) is 5.03. The Morgan fingerprint density at radius 1 is 0.800 bits per heavy atom. The van der Waals surface area contributed by atoms with Crippen molar-refractivity contribution >= 4 is 17.9 Å². The Morgan fingerprint density at radius 3 is 2.14 bits per heavy atom. The fourth-order valence-electron chi connectivity index (χ4n) is 5.03. The van der Waals surface area contributed by atoms with Crippen molar-refractivity contribution in [2.75, 3.05) is 26.2 Å². The molecule has 0 saturated carbocycles. The Kier molecular flexibility index (Phi) is 7.07. The summed E-state index contributed by atoms with van der Waals surface area (Å²) in [5.74, 6) is 0.323. The van der Waals surface area contributed by atoms with E-state index in [4.69, 9.17) is 5.10 Å². The van der Waals surface area contributed by atoms with Crippen LogP contribution in [0.4, 0.5) is 0 Å². The summed E-state index contributed by atoms with van der Waals surface area (Å²) in [6.45, 7) is 3.03. The monoisotopic (exact) mass is 468 g/mol. The van der Waals surface area contributed by atoms with Crippen molar-refractivity contribution in [1.82, 2.24) is 19.6 Å². The third kappa shape index (κ3) is 5.37. The highest BCUT2D eigenvalue weighted by molar-refractivity contribution is 5.93. The van der Waals surface area contributed by atoms with Crippen molar-refractivity contribution in [3.05, 3.63) is 78.5 Å². The number of amides is 2. The van der Waals surface area contributed by atoms with Crippen molar-refractivity contribution in [2.24, 2.45) is 5.92 Å². The van der Waals surface area contributed by atoms with Crippen molar-refractivity contribution < 1.29 is 9.59 Å². The smallest absolute Gasteiger partial charge is 0.246 e. The van der Waals surface area contributed by atoms with Crippen LogP contribution < -0.4 is 0 Å². The molecule has 1 aromatic heterocycles. The molecule has 6 nitrogen and oxygen atoms in total. The highest BCUT2D eigenvalue weighted by Crippen LogP contribution is 2.26. The van der Waals surface area contributed by atoms with Crippen LogP contribution >= 0.6 is 0 Å². The summed E-state index contributed by atoms with van der Waals surface area (Å²) >= 11 is 0. The lowest BCUT2D eigenvalue weighted by Gasteiger charge is -2.35. The van der Waals surface area contributed by atoms with E-state index < -0.39 is 0 Å². The van der Waals surface area contributed by atoms with Gasteiger partial charge < -0.3 is 9.80 Å². The number of hydrogen-bond donors (Lipinski definition) is 0. The maximum absolute atomic E-state index is 13.0. The van der Waals surface area contributed by atoms with Crippen molar-refractivity contribution in [2.45, 2.75) is 32.1 Å². The summed E-state index contributed by atoms with van der Waals surface area (Å²) in [6.07, 6.45) is 10.4. The number of benzene rings is 2. The number of likely N-dealkylation sites (tertiary alicyclic amines) is 2. The summed E-state index contributed by atoms with van der Waals surface area (Å²) in [5.41, 5.74) is 3.70. The van der Waals surface area contributed by atoms with E-state index in [1.54, 1.807) is 6.08 Å². The Balaban J connectivity index is 1.27. The predicted octanol–water partition coefficient (Wildman–Crippen LogP) is 4.80. The minimum Gasteiger partial charge on any atom is -0.342 e. The van der Waals surface area contributed by atoms with Crippen molar-refractivity contribution in [3.63, 3.8) is 0 Å². The van der Waals surface area contributed by atoms with Gasteiger partial charge in [0.15, 0.2) is 0 Å². The number of para-hydroxylation sites is 1. The lowest BCUT2D eigenvalue weighted by atomic mass is 9.94. The number of piperidine rings is 2. The van der Waals surface area contributed by atoms with E-state index in [-0.39, 0.29) is 17.7 Å². The summed E-state index contributed by atoms with van der Waals surface area (Å²) in [4.78, 5) is 29.7. The third-order valence-electron chi connectivity index (χ3n) is 7.04. The van der Waals surface area contributed by atoms with Crippen LogP contribution in [0.1, 0.15) is 37.7 Å². The van der Waals surface area contributed by atoms with E-state index in [9.17, 15) is 9.59 Å². The number of carbonyl (C=O) groups is 2. The molecule has 0 unspecified atom stereocenters. The largest absolute Gasteiger partial charge is 0.342 e. The third-order valence-corrected chi connectivity index (χ3v) is 7.04. The van der Waals surface area contributed by atoms with E-state index in [2.05, 4.69) is 0 Å². The van der Waals surface area contributed by atoms with Gasteiger partial charge in [-0.2, -0.15) is 5.10 Å². The Labute approximate surface area is 206 Å². The second-order valence-corrected chi connectivity index (χ2v) is 9.40. The molecule has 0 aliphatic carbocycles. The molecule has 2 saturated heterocycles. The fraction of sp³-hybridized carbons (Fsp3) is 0.345. The van der Waals surface area contributed by atoms with Gasteiger partial charge in [0, 0.05) is 55.5 Å². The van der Waals surface area contributed by atoms with Crippen LogP contribution in [0.5, 0.6) is 0 Å². The van der Waals surface area contributed by atoms with E-state index in [0.29, 0.717) is 13.1 Å². The first-order valence-electron chi connectivity index (χ1n) is 12.7.